The summed E-state index contributed by atoms with van der Waals surface area (Å²) >= 11 is 0.722. The lowest BCUT2D eigenvalue weighted by atomic mass is 9.91. The minimum absolute atomic E-state index is 0.00119. The molecule has 6 saturated carbocycles. The molecule has 23 nitrogen and oxygen atoms in total. The van der Waals surface area contributed by atoms with Crippen LogP contribution in [0.4, 0.5) is 35.8 Å². The molecule has 90 heavy (non-hydrogen) atoms. The molecule has 9 aliphatic rings. The van der Waals surface area contributed by atoms with Crippen LogP contribution in [0.3, 0.4) is 0 Å². The van der Waals surface area contributed by atoms with Gasteiger partial charge in [0.2, 0.25) is 0 Å². The molecule has 9 unspecified atom stereocenters. The van der Waals surface area contributed by atoms with Crippen LogP contribution in [0.15, 0.2) is 57.9 Å². The first-order valence-electron chi connectivity index (χ1n) is 31.8. The van der Waals surface area contributed by atoms with E-state index in [1.165, 1.54) is 26.0 Å². The van der Waals surface area contributed by atoms with Crippen molar-refractivity contribution in [3.05, 3.63) is 109 Å². The number of halogens is 1. The predicted molar refractivity (Wildman–Crippen MR) is 338 cm³/mol. The van der Waals surface area contributed by atoms with Gasteiger partial charge < -0.3 is 21.1 Å². The number of thiophene rings is 1. The van der Waals surface area contributed by atoms with E-state index < -0.39 is 63.5 Å². The first-order valence-corrected chi connectivity index (χ1v) is 37.3. The van der Waals surface area contributed by atoms with Crippen LogP contribution in [-0.4, -0.2) is 70.3 Å². The number of hydrogen-bond donors (Lipinski definition) is 7. The lowest BCUT2D eigenvalue weighted by molar-refractivity contribution is 0.0823. The lowest BCUT2D eigenvalue weighted by Gasteiger charge is -2.20. The van der Waals surface area contributed by atoms with Crippen LogP contribution in [0.2, 0.25) is 0 Å². The number of carbonyl (C=O) groups is 3. The summed E-state index contributed by atoms with van der Waals surface area (Å²) in [5.74, 6) is 0.458. The van der Waals surface area contributed by atoms with E-state index in [2.05, 4.69) is 39.2 Å². The van der Waals surface area contributed by atoms with Crippen molar-refractivity contribution in [2.24, 2.45) is 52.2 Å². The number of aryl methyl sites for hydroxylation is 3. The molecule has 15 rings (SSSR count). The minimum Gasteiger partial charge on any atom is -0.385 e. The third kappa shape index (κ3) is 11.3. The van der Waals surface area contributed by atoms with E-state index in [0.29, 0.717) is 62.5 Å². The standard InChI is InChI=1S/C62H75FN16O7S4/c1-5-78-20-18-47(73-78)88(64,84)75-59(80)71-56-40-22-33(24-44(40)68-52(30-12-13-30)49(56)29-10-11-29)37-27-39(37)51-54(32-16-17-32)69-45-25-34(23-41(45)57(51)72-60(81)76-89(65,85)48-19-21-79(6-2)74-48)36-26-38(36)50-53(31-14-15-31)67-43-9-7-8-35(43)55(50)70-61(82)77-90(66,86)58-42(63)28-46(87-58)62(3,4)83/h18-21,28-34,36-39,83H,5-17,22-27H2,1-4H3,(H3,64,68,71,75,80,84)(H3,65,69,72,76,81,85)(H3,66,67,70,77,82,86). The van der Waals surface area contributed by atoms with Crippen molar-refractivity contribution in [1.29, 1.82) is 0 Å². The fraction of sp³-hybridized carbons (Fsp3) is 0.548. The number of nitrogens with zero attached hydrogens (tertiary/aromatic N) is 10. The summed E-state index contributed by atoms with van der Waals surface area (Å²) in [6, 6.07) is 1.52. The quantitative estimate of drug-likeness (QED) is 0.0448. The number of urea groups is 3. The second-order valence-corrected chi connectivity index (χ2v) is 33.5. The summed E-state index contributed by atoms with van der Waals surface area (Å²) in [6.45, 7) is 7.78. The van der Waals surface area contributed by atoms with Crippen molar-refractivity contribution in [1.82, 2.24) is 34.5 Å². The molecular formula is C62H75FN16O7S4. The van der Waals surface area contributed by atoms with Gasteiger partial charge in [-0.05, 0) is 213 Å². The van der Waals surface area contributed by atoms with Gasteiger partial charge in [-0.3, -0.25) is 24.3 Å². The van der Waals surface area contributed by atoms with Gasteiger partial charge in [0.25, 0.3) is 0 Å². The Hall–Kier alpha value is -6.40. The van der Waals surface area contributed by atoms with Gasteiger partial charge in [-0.1, -0.05) is 0 Å². The van der Waals surface area contributed by atoms with Crippen molar-refractivity contribution in [3.63, 3.8) is 0 Å². The number of nitrogens with one attached hydrogen (secondary N) is 3. The molecule has 0 radical (unpaired) electrons. The first kappa shape index (κ1) is 59.9. The Kier molecular flexibility index (Phi) is 14.5. The highest BCUT2D eigenvalue weighted by molar-refractivity contribution is 7.93. The molecule has 28 heteroatoms. The Labute approximate surface area is 526 Å². The predicted octanol–water partition coefficient (Wildman–Crippen LogP) is 10.6. The summed E-state index contributed by atoms with van der Waals surface area (Å²) in [4.78, 5) is 59.3. The first-order chi connectivity index (χ1) is 42.9. The molecule has 6 heterocycles. The molecular weight excluding hydrogens is 1230 g/mol. The molecule has 6 amide bonds. The maximum absolute atomic E-state index is 15.3. The van der Waals surface area contributed by atoms with Gasteiger partial charge in [-0.2, -0.15) is 10.2 Å². The molecule has 0 saturated heterocycles. The second kappa shape index (κ2) is 21.9. The second-order valence-electron chi connectivity index (χ2n) is 27.0. The summed E-state index contributed by atoms with van der Waals surface area (Å²) in [6.07, 6.45) is 17.5. The zero-order chi connectivity index (χ0) is 62.7. The van der Waals surface area contributed by atoms with Crippen LogP contribution >= 0.6 is 11.3 Å². The molecule has 9 atom stereocenters. The average Bonchev–Trinajstić information content (AvgIpc) is 1.56. The van der Waals surface area contributed by atoms with Crippen LogP contribution in [0.5, 0.6) is 0 Å². The number of rotatable bonds is 17. The molecule has 0 spiro atoms. The maximum atomic E-state index is 15.3. The van der Waals surface area contributed by atoms with Crippen LogP contribution in [0, 0.1) is 29.5 Å². The molecule has 6 aromatic heterocycles. The highest BCUT2D eigenvalue weighted by atomic mass is 32.2. The Balaban J connectivity index is 0.758. The monoisotopic (exact) mass is 1300 g/mol. The number of aliphatic hydroxyl groups is 1. The highest BCUT2D eigenvalue weighted by Crippen LogP contribution is 2.64. The Morgan fingerprint density at radius 1 is 0.622 bits per heavy atom. The highest BCUT2D eigenvalue weighted by Gasteiger charge is 2.54. The lowest BCUT2D eigenvalue weighted by Crippen LogP contribution is -2.20. The largest absolute Gasteiger partial charge is 0.385 e. The number of anilines is 3. The van der Waals surface area contributed by atoms with E-state index in [1.807, 2.05) is 13.8 Å². The van der Waals surface area contributed by atoms with E-state index >= 15 is 4.39 Å². The van der Waals surface area contributed by atoms with Gasteiger partial charge in [0, 0.05) is 99.0 Å². The van der Waals surface area contributed by atoms with Crippen molar-refractivity contribution >= 4 is 76.2 Å². The van der Waals surface area contributed by atoms with Gasteiger partial charge in [-0.25, -0.2) is 46.8 Å². The van der Waals surface area contributed by atoms with Gasteiger partial charge in [0.05, 0.1) is 22.7 Å². The van der Waals surface area contributed by atoms with Crippen LogP contribution in [0.25, 0.3) is 0 Å². The number of aromatic nitrogens is 7. The van der Waals surface area contributed by atoms with Crippen LogP contribution in [-0.2, 0) is 87.0 Å². The summed E-state index contributed by atoms with van der Waals surface area (Å²) in [5.41, 5.74) is 12.1. The van der Waals surface area contributed by atoms with Crippen molar-refractivity contribution in [3.8, 4) is 0 Å². The average molecular weight is 1300 g/mol. The number of carbonyl (C=O) groups excluding carboxylic acids is 3. The zero-order valence-corrected chi connectivity index (χ0v) is 54.0. The normalized spacial score (nSPS) is 25.1. The molecule has 6 aromatic rings. The summed E-state index contributed by atoms with van der Waals surface area (Å²) in [7, 11) is -11.5. The summed E-state index contributed by atoms with van der Waals surface area (Å²) < 4.78 is 72.1. The molecule has 9 aliphatic carbocycles. The zero-order valence-electron chi connectivity index (χ0n) is 50.7. The van der Waals surface area contributed by atoms with E-state index in [-0.39, 0.29) is 68.2 Å². The van der Waals surface area contributed by atoms with Crippen LogP contribution < -0.4 is 31.4 Å². The SMILES string of the molecule is CCn1ccc(S(N)(=O)=NC(=O)Nc2c3c(nc(C4CC4)c2C2CC2)CC(C2CC2c2c(C4CC4)nc4c(c2NC(=O)N=S(N)(=O)c2ccn(CC)n2)CC(C2CC2c2c(C5CC5)nc5c(c2NC(=O)N=S(N)(=O)c2sc(C(C)(C)O)cc2F)CCC5)C4)C3)n1. The van der Waals surface area contributed by atoms with Gasteiger partial charge in [0.1, 0.15) is 0 Å². The third-order valence-electron chi connectivity index (χ3n) is 19.9. The summed E-state index contributed by atoms with van der Waals surface area (Å²) in [5, 5.41) is 47.5. The smallest absolute Gasteiger partial charge is 0.354 e. The third-order valence-corrected chi connectivity index (χ3v) is 25.8. The minimum atomic E-state index is -4.07. The topological polar surface area (TPSA) is 348 Å². The molecule has 0 aromatic carbocycles. The number of hydrogen-bond acceptors (Lipinski definition) is 13. The number of nitrogens with two attached hydrogens (primary N) is 3. The van der Waals surface area contributed by atoms with Crippen molar-refractivity contribution in [2.45, 2.75) is 205 Å². The van der Waals surface area contributed by atoms with E-state index in [1.54, 1.807) is 21.8 Å². The van der Waals surface area contributed by atoms with Gasteiger partial charge in [-0.15, -0.1) is 24.4 Å². The van der Waals surface area contributed by atoms with Crippen molar-refractivity contribution in [2.75, 3.05) is 16.0 Å². The van der Waals surface area contributed by atoms with E-state index in [0.717, 1.165) is 168 Å². The number of pyridine rings is 3. The number of fused-ring (bicyclic) bond motifs is 3. The molecule has 0 aliphatic heterocycles. The number of amides is 6. The van der Waals surface area contributed by atoms with E-state index in [9.17, 15) is 32.1 Å². The van der Waals surface area contributed by atoms with Gasteiger partial charge >= 0.3 is 18.1 Å². The van der Waals surface area contributed by atoms with E-state index in [4.69, 9.17) is 30.4 Å². The Morgan fingerprint density at radius 2 is 1.04 bits per heavy atom. The van der Waals surface area contributed by atoms with Crippen molar-refractivity contribution < 1.29 is 36.5 Å². The van der Waals surface area contributed by atoms with Crippen LogP contribution in [0.1, 0.15) is 206 Å². The fourth-order valence-electron chi connectivity index (χ4n) is 14.8. The van der Waals surface area contributed by atoms with Gasteiger partial charge in [0.15, 0.2) is 49.8 Å². The molecule has 6 fully saturated rings. The molecule has 476 valence electrons. The fourth-order valence-corrected chi connectivity index (χ4v) is 18.8. The Morgan fingerprint density at radius 3 is 1.47 bits per heavy atom. The molecule has 0 bridgehead atoms. The maximum Gasteiger partial charge on any atom is 0.354 e. The molecule has 10 N–H and O–H groups in total. The Bertz CT molecular complexity index is 4470.